The number of nitro benzene ring substituents is 1. The van der Waals surface area contributed by atoms with Crippen LogP contribution >= 0.6 is 0 Å². The second-order valence-electron chi connectivity index (χ2n) is 6.12. The molecule has 116 valence electrons. The molecule has 2 aromatic carbocycles. The SMILES string of the molecule is CC(C)c1ccc(C(C)C)c(-c2ccc(O)c([N+](=O)[O-])c2)c1. The minimum Gasteiger partial charge on any atom is -0.502 e. The van der Waals surface area contributed by atoms with Gasteiger partial charge in [0.25, 0.3) is 0 Å². The van der Waals surface area contributed by atoms with Gasteiger partial charge < -0.3 is 5.11 Å². The topological polar surface area (TPSA) is 63.4 Å². The van der Waals surface area contributed by atoms with Gasteiger partial charge in [0.15, 0.2) is 5.75 Å². The zero-order valence-corrected chi connectivity index (χ0v) is 13.3. The van der Waals surface area contributed by atoms with E-state index in [0.717, 1.165) is 16.7 Å². The van der Waals surface area contributed by atoms with E-state index in [9.17, 15) is 15.2 Å². The number of phenols is 1. The first-order valence-electron chi connectivity index (χ1n) is 7.43. The van der Waals surface area contributed by atoms with Crippen molar-refractivity contribution in [1.82, 2.24) is 0 Å². The highest BCUT2D eigenvalue weighted by atomic mass is 16.6. The second-order valence-corrected chi connectivity index (χ2v) is 6.12. The highest BCUT2D eigenvalue weighted by Crippen LogP contribution is 2.36. The molecule has 2 rings (SSSR count). The zero-order valence-electron chi connectivity index (χ0n) is 13.3. The fraction of sp³-hybridized carbons (Fsp3) is 0.333. The molecule has 4 nitrogen and oxygen atoms in total. The van der Waals surface area contributed by atoms with Crippen LogP contribution in [0.4, 0.5) is 5.69 Å². The molecule has 0 saturated heterocycles. The highest BCUT2D eigenvalue weighted by Gasteiger charge is 2.17. The number of aromatic hydroxyl groups is 1. The lowest BCUT2D eigenvalue weighted by molar-refractivity contribution is -0.385. The molecule has 0 saturated carbocycles. The predicted octanol–water partition coefficient (Wildman–Crippen LogP) is 5.21. The Morgan fingerprint density at radius 2 is 1.68 bits per heavy atom. The third-order valence-electron chi connectivity index (χ3n) is 3.85. The molecule has 0 amide bonds. The summed E-state index contributed by atoms with van der Waals surface area (Å²) in [7, 11) is 0. The number of nitro groups is 1. The normalized spacial score (nSPS) is 11.2. The molecule has 1 N–H and O–H groups in total. The molecule has 0 aliphatic heterocycles. The summed E-state index contributed by atoms with van der Waals surface area (Å²) in [5.74, 6) is 0.385. The van der Waals surface area contributed by atoms with Crippen molar-refractivity contribution in [3.05, 3.63) is 57.6 Å². The van der Waals surface area contributed by atoms with E-state index in [1.807, 2.05) is 0 Å². The van der Waals surface area contributed by atoms with E-state index in [1.54, 1.807) is 6.07 Å². The van der Waals surface area contributed by atoms with Crippen LogP contribution in [0.25, 0.3) is 11.1 Å². The fourth-order valence-electron chi connectivity index (χ4n) is 2.52. The first-order chi connectivity index (χ1) is 10.3. The summed E-state index contributed by atoms with van der Waals surface area (Å²) < 4.78 is 0. The Morgan fingerprint density at radius 3 is 2.23 bits per heavy atom. The van der Waals surface area contributed by atoms with Gasteiger partial charge in [0.05, 0.1) is 4.92 Å². The van der Waals surface area contributed by atoms with Crippen molar-refractivity contribution < 1.29 is 10.0 Å². The van der Waals surface area contributed by atoms with E-state index < -0.39 is 4.92 Å². The van der Waals surface area contributed by atoms with Crippen molar-refractivity contribution in [1.29, 1.82) is 0 Å². The van der Waals surface area contributed by atoms with Crippen LogP contribution < -0.4 is 0 Å². The average Bonchev–Trinajstić information content (AvgIpc) is 2.46. The van der Waals surface area contributed by atoms with Gasteiger partial charge in [-0.1, -0.05) is 52.0 Å². The summed E-state index contributed by atoms with van der Waals surface area (Å²) in [6.07, 6.45) is 0. The van der Waals surface area contributed by atoms with Crippen LogP contribution in [0.5, 0.6) is 5.75 Å². The minimum atomic E-state index is -0.555. The summed E-state index contributed by atoms with van der Waals surface area (Å²) in [6, 6.07) is 10.9. The molecule has 0 aliphatic carbocycles. The summed E-state index contributed by atoms with van der Waals surface area (Å²) in [6.45, 7) is 8.44. The number of hydrogen-bond acceptors (Lipinski definition) is 3. The maximum absolute atomic E-state index is 11.0. The molecule has 0 aromatic heterocycles. The molecular weight excluding hydrogens is 278 g/mol. The second kappa shape index (κ2) is 6.18. The molecule has 0 bridgehead atoms. The van der Waals surface area contributed by atoms with Gasteiger partial charge in [-0.05, 0) is 40.2 Å². The van der Waals surface area contributed by atoms with Crippen LogP contribution in [0.2, 0.25) is 0 Å². The number of phenolic OH excluding ortho intramolecular Hbond substituents is 1. The summed E-state index contributed by atoms with van der Waals surface area (Å²) >= 11 is 0. The van der Waals surface area contributed by atoms with Crippen LogP contribution in [0.15, 0.2) is 36.4 Å². The van der Waals surface area contributed by atoms with Crippen LogP contribution in [-0.2, 0) is 0 Å². The van der Waals surface area contributed by atoms with Crippen molar-refractivity contribution in [3.8, 4) is 16.9 Å². The first kappa shape index (κ1) is 16.0. The molecule has 4 heteroatoms. The van der Waals surface area contributed by atoms with Crippen molar-refractivity contribution >= 4 is 5.69 Å². The van der Waals surface area contributed by atoms with Crippen LogP contribution in [0, 0.1) is 10.1 Å². The zero-order chi connectivity index (χ0) is 16.4. The van der Waals surface area contributed by atoms with Crippen molar-refractivity contribution in [3.63, 3.8) is 0 Å². The summed E-state index contributed by atoms with van der Waals surface area (Å²) in [4.78, 5) is 10.5. The molecule has 2 aromatic rings. The molecular formula is C18H21NO3. The van der Waals surface area contributed by atoms with Gasteiger partial charge in [0.2, 0.25) is 0 Å². The molecule has 22 heavy (non-hydrogen) atoms. The lowest BCUT2D eigenvalue weighted by atomic mass is 9.88. The molecule has 0 aliphatic rings. The monoisotopic (exact) mass is 299 g/mol. The van der Waals surface area contributed by atoms with Gasteiger partial charge in [0, 0.05) is 6.07 Å². The van der Waals surface area contributed by atoms with Crippen molar-refractivity contribution in [2.45, 2.75) is 39.5 Å². The van der Waals surface area contributed by atoms with Gasteiger partial charge in [-0.25, -0.2) is 0 Å². The first-order valence-corrected chi connectivity index (χ1v) is 7.43. The molecule has 0 heterocycles. The van der Waals surface area contributed by atoms with Crippen LogP contribution in [0.3, 0.4) is 0 Å². The largest absolute Gasteiger partial charge is 0.502 e. The van der Waals surface area contributed by atoms with Gasteiger partial charge in [-0.3, -0.25) is 10.1 Å². The van der Waals surface area contributed by atoms with Gasteiger partial charge in [0.1, 0.15) is 0 Å². The molecule has 0 atom stereocenters. The Hall–Kier alpha value is -2.36. The van der Waals surface area contributed by atoms with Crippen molar-refractivity contribution in [2.75, 3.05) is 0 Å². The number of hydrogen-bond donors (Lipinski definition) is 1. The van der Waals surface area contributed by atoms with Crippen molar-refractivity contribution in [2.24, 2.45) is 0 Å². The number of nitrogens with zero attached hydrogens (tertiary/aromatic N) is 1. The third kappa shape index (κ3) is 3.11. The Balaban J connectivity index is 2.66. The van der Waals surface area contributed by atoms with Gasteiger partial charge >= 0.3 is 5.69 Å². The summed E-state index contributed by atoms with van der Waals surface area (Å²) in [5.41, 5.74) is 3.82. The number of benzene rings is 2. The van der Waals surface area contributed by atoms with Crippen LogP contribution in [0.1, 0.15) is 50.7 Å². The van der Waals surface area contributed by atoms with E-state index in [2.05, 4.69) is 45.9 Å². The Bertz CT molecular complexity index is 705. The summed E-state index contributed by atoms with van der Waals surface area (Å²) in [5, 5.41) is 20.7. The smallest absolute Gasteiger partial charge is 0.311 e. The van der Waals surface area contributed by atoms with E-state index >= 15 is 0 Å². The molecule has 0 spiro atoms. The van der Waals surface area contributed by atoms with E-state index in [1.165, 1.54) is 17.7 Å². The lowest BCUT2D eigenvalue weighted by Gasteiger charge is -2.16. The fourth-order valence-corrected chi connectivity index (χ4v) is 2.52. The van der Waals surface area contributed by atoms with Gasteiger partial charge in [-0.2, -0.15) is 0 Å². The Kier molecular flexibility index (Phi) is 4.50. The Morgan fingerprint density at radius 1 is 1.00 bits per heavy atom. The molecule has 0 unspecified atom stereocenters. The van der Waals surface area contributed by atoms with Gasteiger partial charge in [-0.15, -0.1) is 0 Å². The maximum Gasteiger partial charge on any atom is 0.311 e. The molecule has 0 radical (unpaired) electrons. The van der Waals surface area contributed by atoms with E-state index in [0.29, 0.717) is 11.8 Å². The lowest BCUT2D eigenvalue weighted by Crippen LogP contribution is -1.97. The van der Waals surface area contributed by atoms with E-state index in [-0.39, 0.29) is 11.4 Å². The highest BCUT2D eigenvalue weighted by molar-refractivity contribution is 5.72. The quantitative estimate of drug-likeness (QED) is 0.622. The molecule has 0 fully saturated rings. The van der Waals surface area contributed by atoms with Crippen LogP contribution in [-0.4, -0.2) is 10.0 Å². The maximum atomic E-state index is 11.0. The predicted molar refractivity (Wildman–Crippen MR) is 88.4 cm³/mol. The van der Waals surface area contributed by atoms with E-state index in [4.69, 9.17) is 0 Å². The minimum absolute atomic E-state index is 0.262. The third-order valence-corrected chi connectivity index (χ3v) is 3.85. The average molecular weight is 299 g/mol. The standard InChI is InChI=1S/C18H21NO3/c1-11(2)13-5-7-15(12(3)4)16(9-13)14-6-8-18(20)17(10-14)19(21)22/h5-12,20H,1-4H3. The number of rotatable bonds is 4. The Labute approximate surface area is 130 Å².